The molecule has 3 heterocycles. The summed E-state index contributed by atoms with van der Waals surface area (Å²) in [5.74, 6) is -2.10. The molecule has 2 aromatic carbocycles. The quantitative estimate of drug-likeness (QED) is 0.398. The predicted molar refractivity (Wildman–Crippen MR) is 129 cm³/mol. The van der Waals surface area contributed by atoms with E-state index in [0.29, 0.717) is 46.0 Å². The zero-order valence-corrected chi connectivity index (χ0v) is 19.5. The number of likely N-dealkylation sites (N-methyl/N-ethyl adjacent to an activating group) is 1. The molecule has 1 aliphatic rings. The zero-order valence-electron chi connectivity index (χ0n) is 19.5. The fraction of sp³-hybridized carbons (Fsp3) is 0.231. The fourth-order valence-corrected chi connectivity index (χ4v) is 4.72. The van der Waals surface area contributed by atoms with Crippen LogP contribution < -0.4 is 5.32 Å². The van der Waals surface area contributed by atoms with Crippen LogP contribution in [0.4, 0.5) is 8.78 Å². The summed E-state index contributed by atoms with van der Waals surface area (Å²) < 4.78 is 35.9. The van der Waals surface area contributed by atoms with Crippen molar-refractivity contribution in [2.45, 2.75) is 12.6 Å². The molecule has 4 aromatic rings. The van der Waals surface area contributed by atoms with Crippen molar-refractivity contribution >= 4 is 44.8 Å². The molecule has 0 fully saturated rings. The van der Waals surface area contributed by atoms with Crippen LogP contribution in [0.1, 0.15) is 11.1 Å². The van der Waals surface area contributed by atoms with E-state index in [-0.39, 0.29) is 17.3 Å². The van der Waals surface area contributed by atoms with Gasteiger partial charge in [0.25, 0.3) is 11.8 Å². The van der Waals surface area contributed by atoms with E-state index in [2.05, 4.69) is 10.3 Å². The molecule has 180 valence electrons. The van der Waals surface area contributed by atoms with Gasteiger partial charge in [-0.25, -0.2) is 8.78 Å². The number of H-pyrrole nitrogens is 1. The molecular formula is C26H24F2N4O3. The lowest BCUT2D eigenvalue weighted by atomic mass is 9.95. The first kappa shape index (κ1) is 22.9. The number of benzene rings is 2. The van der Waals surface area contributed by atoms with Crippen molar-refractivity contribution in [1.29, 1.82) is 0 Å². The Morgan fingerprint density at radius 3 is 2.31 bits per heavy atom. The highest BCUT2D eigenvalue weighted by molar-refractivity contribution is 6.50. The van der Waals surface area contributed by atoms with E-state index in [1.807, 2.05) is 23.6 Å². The van der Waals surface area contributed by atoms with E-state index in [0.717, 1.165) is 0 Å². The molecule has 2 amide bonds. The van der Waals surface area contributed by atoms with Crippen LogP contribution in [0.15, 0.2) is 48.8 Å². The van der Waals surface area contributed by atoms with Crippen molar-refractivity contribution < 1.29 is 23.1 Å². The van der Waals surface area contributed by atoms with Crippen LogP contribution in [-0.2, 0) is 20.9 Å². The minimum atomic E-state index is -0.588. The lowest BCUT2D eigenvalue weighted by Crippen LogP contribution is -2.31. The van der Waals surface area contributed by atoms with Gasteiger partial charge in [-0.3, -0.25) is 14.9 Å². The molecule has 0 bridgehead atoms. The number of aromatic nitrogens is 2. The van der Waals surface area contributed by atoms with Gasteiger partial charge in [-0.2, -0.15) is 0 Å². The molecule has 1 aliphatic heterocycles. The third-order valence-corrected chi connectivity index (χ3v) is 6.26. The number of rotatable bonds is 7. The Labute approximate surface area is 200 Å². The zero-order chi connectivity index (χ0) is 24.9. The number of aromatic amines is 1. The fourth-order valence-electron chi connectivity index (χ4n) is 4.72. The molecule has 1 atom stereocenters. The van der Waals surface area contributed by atoms with Gasteiger partial charge in [-0.05, 0) is 50.5 Å². The maximum atomic E-state index is 14.3. The van der Waals surface area contributed by atoms with Crippen molar-refractivity contribution in [3.8, 4) is 0 Å². The van der Waals surface area contributed by atoms with E-state index in [9.17, 15) is 18.4 Å². The normalized spacial score (nSPS) is 15.1. The topological polar surface area (TPSA) is 79.4 Å². The minimum Gasteiger partial charge on any atom is -0.378 e. The predicted octanol–water partition coefficient (Wildman–Crippen LogP) is 3.54. The number of amides is 2. The highest BCUT2D eigenvalue weighted by Gasteiger charge is 2.35. The Hall–Kier alpha value is -3.82. The first-order valence-corrected chi connectivity index (χ1v) is 11.1. The number of nitrogens with zero attached hydrogens (tertiary/aromatic N) is 2. The Bertz CT molecular complexity index is 1520. The van der Waals surface area contributed by atoms with Crippen molar-refractivity contribution in [2.75, 3.05) is 27.7 Å². The van der Waals surface area contributed by atoms with E-state index >= 15 is 0 Å². The van der Waals surface area contributed by atoms with Crippen LogP contribution in [0.5, 0.6) is 0 Å². The van der Waals surface area contributed by atoms with Gasteiger partial charge in [0.1, 0.15) is 11.6 Å². The van der Waals surface area contributed by atoms with Gasteiger partial charge in [-0.1, -0.05) is 0 Å². The van der Waals surface area contributed by atoms with Gasteiger partial charge in [0.2, 0.25) is 0 Å². The van der Waals surface area contributed by atoms with Crippen LogP contribution in [0.2, 0.25) is 0 Å². The minimum absolute atomic E-state index is 0.117. The number of halogens is 2. The first-order valence-electron chi connectivity index (χ1n) is 11.1. The number of carbonyl (C=O) groups is 2. The van der Waals surface area contributed by atoms with Crippen molar-refractivity contribution in [3.05, 3.63) is 71.6 Å². The van der Waals surface area contributed by atoms with Crippen LogP contribution >= 0.6 is 0 Å². The molecule has 7 nitrogen and oxygen atoms in total. The average molecular weight is 478 g/mol. The van der Waals surface area contributed by atoms with Gasteiger partial charge in [-0.15, -0.1) is 0 Å². The molecule has 2 aromatic heterocycles. The second-order valence-corrected chi connectivity index (χ2v) is 8.90. The van der Waals surface area contributed by atoms with E-state index < -0.39 is 23.4 Å². The number of methoxy groups -OCH3 is 1. The largest absolute Gasteiger partial charge is 0.378 e. The molecular weight excluding hydrogens is 454 g/mol. The molecule has 0 saturated carbocycles. The molecule has 1 unspecified atom stereocenters. The lowest BCUT2D eigenvalue weighted by molar-refractivity contribution is -0.122. The summed E-state index contributed by atoms with van der Waals surface area (Å²) in [4.78, 5) is 31.0. The van der Waals surface area contributed by atoms with E-state index in [1.54, 1.807) is 31.6 Å². The van der Waals surface area contributed by atoms with Crippen molar-refractivity contribution in [3.63, 3.8) is 0 Å². The number of ether oxygens (including phenoxy) is 1. The second-order valence-electron chi connectivity index (χ2n) is 8.90. The van der Waals surface area contributed by atoms with E-state index in [1.165, 1.54) is 24.3 Å². The highest BCUT2D eigenvalue weighted by atomic mass is 19.1. The summed E-state index contributed by atoms with van der Waals surface area (Å²) in [6.07, 6.45) is 3.16. The summed E-state index contributed by atoms with van der Waals surface area (Å²) in [5, 5.41) is 3.32. The Balaban J connectivity index is 1.73. The standard InChI is InChI=1S/C26H24F2N4O3/c1-31(2)11-16(35-3)12-32-13-20(18-9-15(28)5-7-22(18)32)24-23(25(33)30-26(24)34)19-10-29-21-6-4-14(27)8-17(19)21/h4-10,13,16,29H,11-12H2,1-3H3,(H,30,33,34). The summed E-state index contributed by atoms with van der Waals surface area (Å²) in [6.45, 7) is 1.10. The Kier molecular flexibility index (Phi) is 5.74. The maximum absolute atomic E-state index is 14.3. The number of hydrogen-bond donors (Lipinski definition) is 2. The van der Waals surface area contributed by atoms with Gasteiger partial charge in [0.15, 0.2) is 0 Å². The Morgan fingerprint density at radius 1 is 0.971 bits per heavy atom. The monoisotopic (exact) mass is 478 g/mol. The number of nitrogens with one attached hydrogen (secondary N) is 2. The van der Waals surface area contributed by atoms with Crippen molar-refractivity contribution in [1.82, 2.24) is 19.8 Å². The number of fused-ring (bicyclic) bond motifs is 2. The van der Waals surface area contributed by atoms with Gasteiger partial charge >= 0.3 is 0 Å². The maximum Gasteiger partial charge on any atom is 0.259 e. The van der Waals surface area contributed by atoms with Gasteiger partial charge in [0.05, 0.1) is 23.8 Å². The van der Waals surface area contributed by atoms with Crippen molar-refractivity contribution in [2.24, 2.45) is 0 Å². The molecule has 9 heteroatoms. The first-order chi connectivity index (χ1) is 16.8. The molecule has 0 aliphatic carbocycles. The molecule has 0 saturated heterocycles. The number of carbonyl (C=O) groups excluding carboxylic acids is 2. The highest BCUT2D eigenvalue weighted by Crippen LogP contribution is 2.38. The Morgan fingerprint density at radius 2 is 1.63 bits per heavy atom. The smallest absolute Gasteiger partial charge is 0.259 e. The lowest BCUT2D eigenvalue weighted by Gasteiger charge is -2.20. The third kappa shape index (κ3) is 4.02. The third-order valence-electron chi connectivity index (χ3n) is 6.26. The summed E-state index contributed by atoms with van der Waals surface area (Å²) in [5.41, 5.74) is 2.38. The molecule has 0 spiro atoms. The summed E-state index contributed by atoms with van der Waals surface area (Å²) >= 11 is 0. The summed E-state index contributed by atoms with van der Waals surface area (Å²) in [7, 11) is 5.51. The second kappa shape index (κ2) is 8.75. The van der Waals surface area contributed by atoms with Gasteiger partial charge in [0, 0.05) is 59.0 Å². The van der Waals surface area contributed by atoms with Crippen LogP contribution in [0, 0.1) is 11.6 Å². The molecule has 0 radical (unpaired) electrons. The van der Waals surface area contributed by atoms with Crippen LogP contribution in [0.3, 0.4) is 0 Å². The number of imide groups is 1. The molecule has 35 heavy (non-hydrogen) atoms. The van der Waals surface area contributed by atoms with E-state index in [4.69, 9.17) is 4.74 Å². The SMILES string of the molecule is COC(CN(C)C)Cn1cc(C2=C(c3c[nH]c4ccc(F)cc34)C(=O)NC2=O)c2cc(F)ccc21. The van der Waals surface area contributed by atoms with Crippen LogP contribution in [-0.4, -0.2) is 60.1 Å². The average Bonchev–Trinajstić information content (AvgIpc) is 3.45. The summed E-state index contributed by atoms with van der Waals surface area (Å²) in [6, 6.07) is 8.55. The van der Waals surface area contributed by atoms with Gasteiger partial charge < -0.3 is 19.2 Å². The molecule has 2 N–H and O–H groups in total. The molecule has 5 rings (SSSR count). The number of hydrogen-bond acceptors (Lipinski definition) is 4. The van der Waals surface area contributed by atoms with Crippen LogP contribution in [0.25, 0.3) is 33.0 Å².